The molecular formula is C33H45F8OSi3. The maximum Gasteiger partial charge on any atom is 0.253 e. The Bertz CT molecular complexity index is 1500. The summed E-state index contributed by atoms with van der Waals surface area (Å²) in [4.78, 5) is 0. The summed E-state index contributed by atoms with van der Waals surface area (Å²) in [7, 11) is -6.68. The molecule has 1 nitrogen and oxygen atoms in total. The lowest BCUT2D eigenvalue weighted by molar-refractivity contribution is 0.410. The highest BCUT2D eigenvalue weighted by atomic mass is 28.4. The minimum atomic E-state index is -3.18. The van der Waals surface area contributed by atoms with E-state index >= 15 is 22.0 Å². The first-order chi connectivity index (χ1) is 21.1. The summed E-state index contributed by atoms with van der Waals surface area (Å²) in [5.74, 6) is -16.7. The summed E-state index contributed by atoms with van der Waals surface area (Å²) < 4.78 is 128. The van der Waals surface area contributed by atoms with Gasteiger partial charge in [0.15, 0.2) is 34.8 Å². The summed E-state index contributed by atoms with van der Waals surface area (Å²) in [6.45, 7) is 16.8. The number of rotatable bonds is 15. The maximum absolute atomic E-state index is 16.3. The van der Waals surface area contributed by atoms with E-state index in [2.05, 4.69) is 41.5 Å². The second kappa shape index (κ2) is 14.5. The number of halogens is 8. The van der Waals surface area contributed by atoms with Crippen LogP contribution in [0, 0.1) is 52.6 Å². The summed E-state index contributed by atoms with van der Waals surface area (Å²) in [6.07, 6.45) is 0. The SMILES string of the molecule is CC[Si](CC)(CC)CC[Si](CC[Si](CC)(CC)CC)(Oc1c(F)c(F)c2c(F)c3c(F)c(F)c(F)[c]c3c(F)c2c1F)C(C)C. The lowest BCUT2D eigenvalue weighted by Crippen LogP contribution is -2.49. The number of hydrogen-bond acceptors (Lipinski definition) is 1. The molecule has 1 radical (unpaired) electrons. The molecule has 0 N–H and O–H groups in total. The van der Waals surface area contributed by atoms with Gasteiger partial charge in [-0.25, -0.2) is 30.7 Å². The van der Waals surface area contributed by atoms with Crippen LogP contribution in [-0.2, 0) is 0 Å². The van der Waals surface area contributed by atoms with Crippen LogP contribution in [0.25, 0.3) is 21.5 Å². The van der Waals surface area contributed by atoms with Crippen molar-refractivity contribution >= 4 is 46.0 Å². The van der Waals surface area contributed by atoms with Gasteiger partial charge in [0.2, 0.25) is 5.82 Å². The van der Waals surface area contributed by atoms with Crippen molar-refractivity contribution in [3.63, 3.8) is 0 Å². The van der Waals surface area contributed by atoms with E-state index in [1.165, 1.54) is 0 Å². The van der Waals surface area contributed by atoms with Gasteiger partial charge in [0.25, 0.3) is 8.32 Å². The lowest BCUT2D eigenvalue weighted by Gasteiger charge is -2.41. The van der Waals surface area contributed by atoms with Gasteiger partial charge in [-0.1, -0.05) is 104 Å². The second-order valence-corrected chi connectivity index (χ2v) is 28.6. The Labute approximate surface area is 264 Å². The molecule has 0 aliphatic heterocycles. The smallest absolute Gasteiger partial charge is 0.253 e. The number of hydrogen-bond donors (Lipinski definition) is 0. The van der Waals surface area contributed by atoms with Crippen LogP contribution >= 0.6 is 0 Å². The van der Waals surface area contributed by atoms with Gasteiger partial charge in [0, 0.05) is 11.5 Å². The predicted molar refractivity (Wildman–Crippen MR) is 175 cm³/mol. The Morgan fingerprint density at radius 3 is 1.36 bits per heavy atom. The van der Waals surface area contributed by atoms with Gasteiger partial charge in [-0.3, -0.25) is 0 Å². The molecule has 0 saturated heterocycles. The maximum atomic E-state index is 16.3. The topological polar surface area (TPSA) is 9.23 Å². The monoisotopic (exact) mass is 693 g/mol. The third kappa shape index (κ3) is 6.61. The lowest BCUT2D eigenvalue weighted by atomic mass is 9.99. The Hall–Kier alpha value is -1.93. The van der Waals surface area contributed by atoms with Crippen LogP contribution in [-0.4, -0.2) is 24.5 Å². The van der Waals surface area contributed by atoms with Crippen molar-refractivity contribution < 1.29 is 39.5 Å². The summed E-state index contributed by atoms with van der Waals surface area (Å²) in [6, 6.07) is 10.5. The van der Waals surface area contributed by atoms with Crippen molar-refractivity contribution in [3.8, 4) is 5.75 Å². The van der Waals surface area contributed by atoms with Gasteiger partial charge in [-0.15, -0.1) is 0 Å². The average Bonchev–Trinajstić information content (AvgIpc) is 3.03. The van der Waals surface area contributed by atoms with E-state index in [9.17, 15) is 13.2 Å². The zero-order valence-corrected chi connectivity index (χ0v) is 30.6. The molecule has 12 heteroatoms. The van der Waals surface area contributed by atoms with Crippen molar-refractivity contribution in [1.82, 2.24) is 0 Å². The molecule has 0 spiro atoms. The molecule has 3 aromatic carbocycles. The van der Waals surface area contributed by atoms with Crippen LogP contribution in [0.5, 0.6) is 5.75 Å². The number of benzene rings is 3. The van der Waals surface area contributed by atoms with E-state index in [0.29, 0.717) is 12.1 Å². The third-order valence-electron chi connectivity index (χ3n) is 11.3. The van der Waals surface area contributed by atoms with E-state index in [0.717, 1.165) is 48.4 Å². The largest absolute Gasteiger partial charge is 0.539 e. The first-order valence-electron chi connectivity index (χ1n) is 16.1. The molecule has 45 heavy (non-hydrogen) atoms. The highest BCUT2D eigenvalue weighted by Crippen LogP contribution is 2.46. The molecule has 0 amide bonds. The van der Waals surface area contributed by atoms with Gasteiger partial charge in [0.05, 0.1) is 32.3 Å². The summed E-state index contributed by atoms with van der Waals surface area (Å²) in [5.41, 5.74) is -0.165. The van der Waals surface area contributed by atoms with Crippen LogP contribution < -0.4 is 4.43 Å². The molecule has 0 aliphatic rings. The quantitative estimate of drug-likeness (QED) is 0.0506. The van der Waals surface area contributed by atoms with E-state index in [1.54, 1.807) is 6.07 Å². The Morgan fingerprint density at radius 1 is 0.511 bits per heavy atom. The molecule has 0 fully saturated rings. The minimum Gasteiger partial charge on any atom is -0.539 e. The van der Waals surface area contributed by atoms with Crippen LogP contribution in [0.1, 0.15) is 55.4 Å². The van der Waals surface area contributed by atoms with E-state index in [1.807, 2.05) is 13.8 Å². The molecule has 3 aromatic rings. The van der Waals surface area contributed by atoms with E-state index in [-0.39, 0.29) is 5.54 Å². The van der Waals surface area contributed by atoms with Crippen LogP contribution in [0.3, 0.4) is 0 Å². The van der Waals surface area contributed by atoms with Crippen LogP contribution in [0.2, 0.25) is 66.0 Å². The average molecular weight is 694 g/mol. The molecule has 251 valence electrons. The Kier molecular flexibility index (Phi) is 12.1. The second-order valence-electron chi connectivity index (χ2n) is 12.9. The highest BCUT2D eigenvalue weighted by molar-refractivity contribution is 6.85. The van der Waals surface area contributed by atoms with Crippen molar-refractivity contribution in [2.45, 2.75) is 121 Å². The van der Waals surface area contributed by atoms with Crippen molar-refractivity contribution in [2.24, 2.45) is 0 Å². The third-order valence-corrected chi connectivity index (χ3v) is 28.8. The van der Waals surface area contributed by atoms with Gasteiger partial charge in [-0.05, 0) is 17.6 Å². The standard InChI is InChI=1S/C33H45F8OSi3/c1-9-43(10-2,11-3)15-17-45(20(7)8,18-16-44(12-4,13-5)14-6)42-33-31(40)24-25(30(39)32(33)41)28(37)23-21(26(24)35)19-22(34)27(36)29(23)38/h20H,9-18H2,1-8H3. The molecule has 0 heterocycles. The molecule has 0 aromatic heterocycles. The summed E-state index contributed by atoms with van der Waals surface area (Å²) >= 11 is 0. The molecular weight excluding hydrogens is 649 g/mol. The first-order valence-corrected chi connectivity index (χ1v) is 24.2. The zero-order valence-electron chi connectivity index (χ0n) is 27.6. The normalized spacial score (nSPS) is 13.1. The van der Waals surface area contributed by atoms with Gasteiger partial charge < -0.3 is 4.43 Å². The van der Waals surface area contributed by atoms with Gasteiger partial charge in [-0.2, -0.15) is 4.39 Å². The Balaban J connectivity index is 2.35. The molecule has 3 rings (SSSR count). The molecule has 0 bridgehead atoms. The molecule has 0 saturated carbocycles. The molecule has 0 aliphatic carbocycles. The highest BCUT2D eigenvalue weighted by Gasteiger charge is 2.46. The predicted octanol–water partition coefficient (Wildman–Crippen LogP) is 12.7. The summed E-state index contributed by atoms with van der Waals surface area (Å²) in [5, 5.41) is -5.65. The zero-order chi connectivity index (χ0) is 34.1. The fraction of sp³-hybridized carbons (Fsp3) is 0.576. The van der Waals surface area contributed by atoms with Crippen molar-refractivity contribution in [3.05, 3.63) is 52.6 Å². The van der Waals surface area contributed by atoms with Crippen molar-refractivity contribution in [2.75, 3.05) is 0 Å². The van der Waals surface area contributed by atoms with Crippen LogP contribution in [0.15, 0.2) is 0 Å². The fourth-order valence-corrected chi connectivity index (χ4v) is 22.1. The molecule has 0 unspecified atom stereocenters. The first kappa shape index (κ1) is 37.5. The minimum absolute atomic E-state index is 0.165. The van der Waals surface area contributed by atoms with Crippen molar-refractivity contribution in [1.29, 1.82) is 0 Å². The van der Waals surface area contributed by atoms with E-state index in [4.69, 9.17) is 4.43 Å². The number of fused-ring (bicyclic) bond motifs is 2. The fourth-order valence-electron chi connectivity index (χ4n) is 6.94. The van der Waals surface area contributed by atoms with Gasteiger partial charge in [0.1, 0.15) is 11.6 Å². The van der Waals surface area contributed by atoms with Crippen LogP contribution in [0.4, 0.5) is 35.1 Å². The van der Waals surface area contributed by atoms with Gasteiger partial charge >= 0.3 is 0 Å². The Morgan fingerprint density at radius 2 is 0.933 bits per heavy atom. The van der Waals surface area contributed by atoms with E-state index < -0.39 is 98.3 Å². The molecule has 0 atom stereocenters.